The molecule has 2 saturated carbocycles. The normalized spacial score (nSPS) is 29.0. The average Bonchev–Trinajstić information content (AvgIpc) is 3.44. The number of aromatic nitrogens is 2. The van der Waals surface area contributed by atoms with E-state index in [4.69, 9.17) is 22.1 Å². The van der Waals surface area contributed by atoms with Crippen molar-refractivity contribution in [2.24, 2.45) is 17.3 Å². The lowest BCUT2D eigenvalue weighted by atomic mass is 10.1. The fraction of sp³-hybridized carbons (Fsp3) is 0.333. The summed E-state index contributed by atoms with van der Waals surface area (Å²) in [5.74, 6) is 2.36. The van der Waals surface area contributed by atoms with Gasteiger partial charge in [-0.3, -0.25) is 0 Å². The predicted molar refractivity (Wildman–Crippen MR) is 110 cm³/mol. The zero-order chi connectivity index (χ0) is 19.9. The maximum atomic E-state index is 13.4. The van der Waals surface area contributed by atoms with Crippen LogP contribution in [0.3, 0.4) is 0 Å². The number of nitrogens with one attached hydrogen (secondary N) is 1. The van der Waals surface area contributed by atoms with Crippen LogP contribution in [0.5, 0.6) is 5.75 Å². The summed E-state index contributed by atoms with van der Waals surface area (Å²) < 4.78 is 19.5. The molecule has 8 heteroatoms. The van der Waals surface area contributed by atoms with Gasteiger partial charge in [-0.1, -0.05) is 11.6 Å². The highest BCUT2D eigenvalue weighted by molar-refractivity contribution is 6.31. The second-order valence-corrected chi connectivity index (χ2v) is 8.71. The first-order chi connectivity index (χ1) is 14.0. The van der Waals surface area contributed by atoms with Crippen LogP contribution in [0.2, 0.25) is 5.02 Å². The molecule has 29 heavy (non-hydrogen) atoms. The van der Waals surface area contributed by atoms with Crippen molar-refractivity contribution in [1.29, 1.82) is 0 Å². The molecule has 2 aromatic carbocycles. The maximum Gasteiger partial charge on any atom is 0.144 e. The first-order valence-electron chi connectivity index (χ1n) is 9.58. The first-order valence-corrected chi connectivity index (χ1v) is 9.96. The van der Waals surface area contributed by atoms with Gasteiger partial charge in [-0.15, -0.1) is 0 Å². The van der Waals surface area contributed by atoms with Gasteiger partial charge in [-0.05, 0) is 43.1 Å². The Morgan fingerprint density at radius 3 is 2.93 bits per heavy atom. The molecule has 2 aliphatic heterocycles. The van der Waals surface area contributed by atoms with Crippen molar-refractivity contribution in [3.8, 4) is 5.75 Å². The highest BCUT2D eigenvalue weighted by Gasteiger charge is 2.91. The highest BCUT2D eigenvalue weighted by Crippen LogP contribution is 2.85. The molecule has 2 bridgehead atoms. The first kappa shape index (κ1) is 17.2. The molecule has 6 nitrogen and oxygen atoms in total. The fourth-order valence-corrected chi connectivity index (χ4v) is 5.46. The number of halogens is 2. The summed E-state index contributed by atoms with van der Waals surface area (Å²) in [6.07, 6.45) is 1.47. The third-order valence-corrected chi connectivity index (χ3v) is 7.09. The number of benzene rings is 2. The van der Waals surface area contributed by atoms with Gasteiger partial charge in [0.15, 0.2) is 0 Å². The molecule has 0 radical (unpaired) electrons. The van der Waals surface area contributed by atoms with E-state index in [1.165, 1.54) is 25.0 Å². The maximum absolute atomic E-state index is 13.4. The minimum Gasteiger partial charge on any atom is -0.491 e. The number of piperidine rings is 1. The Hall–Kier alpha value is -2.64. The molecule has 4 atom stereocenters. The van der Waals surface area contributed by atoms with E-state index in [1.54, 1.807) is 6.07 Å². The van der Waals surface area contributed by atoms with Crippen LogP contribution in [0.4, 0.5) is 21.6 Å². The Bertz CT molecular complexity index is 1170. The largest absolute Gasteiger partial charge is 0.491 e. The predicted octanol–water partition coefficient (Wildman–Crippen LogP) is 3.69. The van der Waals surface area contributed by atoms with E-state index in [0.717, 1.165) is 22.7 Å². The van der Waals surface area contributed by atoms with Crippen molar-refractivity contribution in [1.82, 2.24) is 14.9 Å². The standard InChI is InChI=1S/C21H19ClFN5O/c1-28-7-12-18-19(28)21(12,18)8-29-17-6-16-11(5-15(17)24)20(26-9-25-16)27-10-2-3-14(23)13(22)4-10/h2-6,9,12,18-19H,7-8,24H2,1H3,(H,25,26,27). The number of nitrogen functional groups attached to an aromatic ring is 1. The van der Waals surface area contributed by atoms with Crippen LogP contribution in [0.15, 0.2) is 36.7 Å². The van der Waals surface area contributed by atoms with E-state index in [-0.39, 0.29) is 5.02 Å². The molecule has 4 aliphatic rings. The minimum absolute atomic E-state index is 0.0426. The topological polar surface area (TPSA) is 76.3 Å². The molecule has 3 heterocycles. The van der Waals surface area contributed by atoms with Gasteiger partial charge in [0.2, 0.25) is 0 Å². The molecule has 4 fully saturated rings. The van der Waals surface area contributed by atoms with Crippen LogP contribution >= 0.6 is 11.6 Å². The van der Waals surface area contributed by atoms with Gasteiger partial charge in [-0.25, -0.2) is 14.4 Å². The summed E-state index contributed by atoms with van der Waals surface area (Å²) in [5.41, 5.74) is 8.53. The number of nitrogens with two attached hydrogens (primary N) is 1. The third kappa shape index (κ3) is 2.37. The molecule has 2 aliphatic carbocycles. The molecule has 1 aromatic heterocycles. The Labute approximate surface area is 171 Å². The summed E-state index contributed by atoms with van der Waals surface area (Å²) in [5, 5.41) is 3.95. The van der Waals surface area contributed by atoms with E-state index in [9.17, 15) is 4.39 Å². The fourth-order valence-electron chi connectivity index (χ4n) is 5.28. The Kier molecular flexibility index (Phi) is 3.39. The molecular formula is C21H19ClFN5O. The summed E-state index contributed by atoms with van der Waals surface area (Å²) in [4.78, 5) is 11.1. The molecule has 3 N–H and O–H groups in total. The highest BCUT2D eigenvalue weighted by atomic mass is 35.5. The van der Waals surface area contributed by atoms with E-state index >= 15 is 0 Å². The monoisotopic (exact) mass is 411 g/mol. The quantitative estimate of drug-likeness (QED) is 0.624. The van der Waals surface area contributed by atoms with Gasteiger partial charge in [0.05, 0.1) is 22.8 Å². The Balaban J connectivity index is 1.26. The van der Waals surface area contributed by atoms with Gasteiger partial charge < -0.3 is 20.7 Å². The third-order valence-electron chi connectivity index (χ3n) is 6.80. The number of rotatable bonds is 5. The number of ether oxygens (including phenoxy) is 1. The molecule has 0 amide bonds. The zero-order valence-corrected chi connectivity index (χ0v) is 16.4. The van der Waals surface area contributed by atoms with Crippen LogP contribution in [-0.2, 0) is 0 Å². The number of anilines is 3. The van der Waals surface area contributed by atoms with E-state index in [1.807, 2.05) is 12.1 Å². The van der Waals surface area contributed by atoms with Crippen molar-refractivity contribution in [3.05, 3.63) is 47.5 Å². The van der Waals surface area contributed by atoms with E-state index < -0.39 is 5.82 Å². The van der Waals surface area contributed by atoms with Gasteiger partial charge in [-0.2, -0.15) is 0 Å². The second kappa shape index (κ2) is 5.70. The van der Waals surface area contributed by atoms with E-state index in [2.05, 4.69) is 27.2 Å². The van der Waals surface area contributed by atoms with Gasteiger partial charge in [0, 0.05) is 35.1 Å². The molecule has 3 aromatic rings. The van der Waals surface area contributed by atoms with E-state index in [0.29, 0.717) is 41.0 Å². The van der Waals surface area contributed by atoms with Crippen LogP contribution in [0, 0.1) is 23.1 Å². The molecular weight excluding hydrogens is 393 g/mol. The summed E-state index contributed by atoms with van der Waals surface area (Å²) in [6.45, 7) is 1.89. The van der Waals surface area contributed by atoms with Crippen LogP contribution in [0.1, 0.15) is 0 Å². The number of fused-ring (bicyclic) bond motifs is 2. The van der Waals surface area contributed by atoms with Crippen molar-refractivity contribution < 1.29 is 9.13 Å². The van der Waals surface area contributed by atoms with Crippen molar-refractivity contribution in [2.75, 3.05) is 31.2 Å². The zero-order valence-electron chi connectivity index (χ0n) is 15.7. The van der Waals surface area contributed by atoms with Gasteiger partial charge in [0.25, 0.3) is 0 Å². The van der Waals surface area contributed by atoms with Crippen molar-refractivity contribution >= 4 is 39.7 Å². The molecule has 4 unspecified atom stereocenters. The molecule has 7 rings (SSSR count). The SMILES string of the molecule is CN1CC2C3C1C23COc1cc2ncnc(Nc3ccc(F)c(Cl)c3)c2cc1N. The smallest absolute Gasteiger partial charge is 0.144 e. The lowest BCUT2D eigenvalue weighted by molar-refractivity contribution is 0.247. The number of hydrogen-bond acceptors (Lipinski definition) is 6. The van der Waals surface area contributed by atoms with Crippen molar-refractivity contribution in [3.63, 3.8) is 0 Å². The summed E-state index contributed by atoms with van der Waals surface area (Å²) >= 11 is 5.87. The number of hydrogen-bond donors (Lipinski definition) is 2. The Morgan fingerprint density at radius 1 is 1.34 bits per heavy atom. The second-order valence-electron chi connectivity index (χ2n) is 8.30. The molecule has 148 valence electrons. The lowest BCUT2D eigenvalue weighted by Crippen LogP contribution is -2.20. The van der Waals surface area contributed by atoms with Crippen LogP contribution in [-0.4, -0.2) is 41.1 Å². The lowest BCUT2D eigenvalue weighted by Gasteiger charge is -2.15. The summed E-state index contributed by atoms with van der Waals surface area (Å²) in [6, 6.07) is 8.78. The Morgan fingerprint density at radius 2 is 2.21 bits per heavy atom. The van der Waals surface area contributed by atoms with Crippen molar-refractivity contribution in [2.45, 2.75) is 6.04 Å². The average molecular weight is 412 g/mol. The number of nitrogens with zero attached hydrogens (tertiary/aromatic N) is 3. The van der Waals surface area contributed by atoms with Gasteiger partial charge in [0.1, 0.15) is 23.7 Å². The van der Waals surface area contributed by atoms with Crippen LogP contribution in [0.25, 0.3) is 10.9 Å². The molecule has 2 saturated heterocycles. The minimum atomic E-state index is -0.469. The molecule has 0 spiro atoms. The summed E-state index contributed by atoms with van der Waals surface area (Å²) in [7, 11) is 2.19. The van der Waals surface area contributed by atoms with Gasteiger partial charge >= 0.3 is 0 Å². The van der Waals surface area contributed by atoms with Crippen LogP contribution < -0.4 is 15.8 Å².